The first-order valence-electron chi connectivity index (χ1n) is 8.48. The molecule has 126 valence electrons. The molecule has 3 nitrogen and oxygen atoms in total. The van der Waals surface area contributed by atoms with Crippen LogP contribution in [0.4, 0.5) is 5.82 Å². The van der Waals surface area contributed by atoms with Crippen LogP contribution in [0.25, 0.3) is 11.0 Å². The zero-order chi connectivity index (χ0) is 18.4. The van der Waals surface area contributed by atoms with Gasteiger partial charge >= 0.3 is 0 Å². The molecule has 2 rings (SSSR count). The highest BCUT2D eigenvalue weighted by molar-refractivity contribution is 6.32. The number of rotatable bonds is 4. The van der Waals surface area contributed by atoms with Crippen LogP contribution in [0.15, 0.2) is 60.5 Å². The van der Waals surface area contributed by atoms with Gasteiger partial charge in [0.2, 0.25) is 0 Å². The van der Waals surface area contributed by atoms with Crippen LogP contribution in [0.5, 0.6) is 0 Å². The maximum absolute atomic E-state index is 5.73. The van der Waals surface area contributed by atoms with Gasteiger partial charge in [0.1, 0.15) is 13.7 Å². The summed E-state index contributed by atoms with van der Waals surface area (Å²) >= 11 is 0. The third-order valence-corrected chi connectivity index (χ3v) is 2.65. The first-order chi connectivity index (χ1) is 11.7. The van der Waals surface area contributed by atoms with Crippen LogP contribution < -0.4 is 10.8 Å². The Morgan fingerprint density at radius 2 is 1.75 bits per heavy atom. The monoisotopic (exact) mass is 321 g/mol. The van der Waals surface area contributed by atoms with E-state index >= 15 is 0 Å². The molecule has 0 fully saturated rings. The van der Waals surface area contributed by atoms with Crippen LogP contribution in [0, 0.1) is 0 Å². The quantitative estimate of drug-likeness (QED) is 0.641. The Morgan fingerprint density at radius 1 is 1.04 bits per heavy atom. The molecular formula is C20H28BN3. The predicted octanol–water partition coefficient (Wildman–Crippen LogP) is 4.92. The minimum Gasteiger partial charge on any atom is -0.340 e. The minimum absolute atomic E-state index is 0.611. The molecule has 24 heavy (non-hydrogen) atoms. The predicted molar refractivity (Wildman–Crippen MR) is 109 cm³/mol. The number of nitrogens with one attached hydrogen (secondary N) is 1. The zero-order valence-corrected chi connectivity index (χ0v) is 15.7. The van der Waals surface area contributed by atoms with Gasteiger partial charge in [-0.05, 0) is 44.2 Å². The summed E-state index contributed by atoms with van der Waals surface area (Å²) in [6.45, 7) is 12.0. The zero-order valence-electron chi connectivity index (χ0n) is 15.7. The maximum atomic E-state index is 5.73. The van der Waals surface area contributed by atoms with E-state index in [4.69, 9.17) is 7.85 Å². The molecule has 0 saturated carbocycles. The average Bonchev–Trinajstić information content (AvgIpc) is 2.63. The van der Waals surface area contributed by atoms with Crippen LogP contribution in [0.2, 0.25) is 0 Å². The van der Waals surface area contributed by atoms with Crippen molar-refractivity contribution in [1.82, 2.24) is 9.97 Å². The van der Waals surface area contributed by atoms with Crippen LogP contribution in [0.3, 0.4) is 0 Å². The van der Waals surface area contributed by atoms with Gasteiger partial charge in [-0.15, -0.1) is 0 Å². The molecule has 0 unspecified atom stereocenters. The molecule has 0 aliphatic heterocycles. The number of pyridine rings is 2. The van der Waals surface area contributed by atoms with E-state index in [1.54, 1.807) is 6.20 Å². The summed E-state index contributed by atoms with van der Waals surface area (Å²) in [5.41, 5.74) is 3.19. The topological polar surface area (TPSA) is 37.8 Å². The van der Waals surface area contributed by atoms with E-state index in [-0.39, 0.29) is 0 Å². The van der Waals surface area contributed by atoms with Crippen molar-refractivity contribution in [1.29, 1.82) is 0 Å². The smallest absolute Gasteiger partial charge is 0.131 e. The highest BCUT2D eigenvalue weighted by Gasteiger charge is 2.00. The molecular weight excluding hydrogens is 293 g/mol. The van der Waals surface area contributed by atoms with Crippen molar-refractivity contribution in [2.24, 2.45) is 0 Å². The summed E-state index contributed by atoms with van der Waals surface area (Å²) < 4.78 is 0. The average molecular weight is 321 g/mol. The normalized spacial score (nSPS) is 11.0. The Kier molecular flexibility index (Phi) is 11.8. The summed E-state index contributed by atoms with van der Waals surface area (Å²) in [7, 11) is 5.73. The number of anilines is 1. The van der Waals surface area contributed by atoms with Crippen molar-refractivity contribution < 1.29 is 0 Å². The molecule has 2 aromatic rings. The highest BCUT2D eigenvalue weighted by Crippen LogP contribution is 2.13. The molecule has 2 heterocycles. The second-order valence-electron chi connectivity index (χ2n) is 4.28. The van der Waals surface area contributed by atoms with Gasteiger partial charge in [-0.2, -0.15) is 0 Å². The standard InChI is InChI=1S/C16H16BN3.2C2H6/c1-3-5-7-13(6-4-2)19-16-9-8-14-15(20-16)10-12(17)11-18-14;2*1-2/h3-11H,1-2H3,(H,19,20);2*1-2H3/b5-3-,6-4+,13-7+;;. The van der Waals surface area contributed by atoms with E-state index in [2.05, 4.69) is 15.3 Å². The summed E-state index contributed by atoms with van der Waals surface area (Å²) in [5, 5.41) is 3.27. The van der Waals surface area contributed by atoms with Crippen molar-refractivity contribution in [2.75, 3.05) is 5.32 Å². The molecule has 0 amide bonds. The van der Waals surface area contributed by atoms with Crippen LogP contribution in [-0.2, 0) is 0 Å². The molecule has 4 heteroatoms. The summed E-state index contributed by atoms with van der Waals surface area (Å²) in [6, 6.07) is 5.64. The molecule has 2 radical (unpaired) electrons. The molecule has 0 atom stereocenters. The van der Waals surface area contributed by atoms with E-state index in [0.717, 1.165) is 22.5 Å². The molecule has 0 aromatic carbocycles. The van der Waals surface area contributed by atoms with Gasteiger partial charge in [-0.3, -0.25) is 4.98 Å². The fourth-order valence-corrected chi connectivity index (χ4v) is 1.76. The lowest BCUT2D eigenvalue weighted by Crippen LogP contribution is -2.04. The summed E-state index contributed by atoms with van der Waals surface area (Å²) in [6.07, 6.45) is 11.5. The highest BCUT2D eigenvalue weighted by atomic mass is 15.0. The van der Waals surface area contributed by atoms with Crippen molar-refractivity contribution in [3.05, 3.63) is 60.5 Å². The van der Waals surface area contributed by atoms with Gasteiger partial charge in [0.15, 0.2) is 0 Å². The number of allylic oxidation sites excluding steroid dienone is 5. The Hall–Kier alpha value is -2.36. The molecule has 0 saturated heterocycles. The lowest BCUT2D eigenvalue weighted by Gasteiger charge is -2.07. The third-order valence-electron chi connectivity index (χ3n) is 2.65. The number of hydrogen-bond donors (Lipinski definition) is 1. The Labute approximate surface area is 148 Å². The summed E-state index contributed by atoms with van der Waals surface area (Å²) in [4.78, 5) is 8.75. The lowest BCUT2D eigenvalue weighted by molar-refractivity contribution is 1.31. The molecule has 0 bridgehead atoms. The summed E-state index contributed by atoms with van der Waals surface area (Å²) in [5.74, 6) is 0.763. The molecule has 0 spiro atoms. The SMILES string of the molecule is CC.CC.[B]c1cnc2ccc(NC(/C=C/C)=C/C=C\C)nc2c1. The van der Waals surface area contributed by atoms with E-state index in [1.807, 2.05) is 90.1 Å². The second-order valence-corrected chi connectivity index (χ2v) is 4.28. The van der Waals surface area contributed by atoms with Gasteiger partial charge in [-0.25, -0.2) is 4.98 Å². The van der Waals surface area contributed by atoms with Gasteiger partial charge < -0.3 is 5.32 Å². The van der Waals surface area contributed by atoms with Crippen molar-refractivity contribution in [3.8, 4) is 0 Å². The number of aromatic nitrogens is 2. The Balaban J connectivity index is 0.00000123. The minimum atomic E-state index is 0.611. The van der Waals surface area contributed by atoms with Crippen LogP contribution in [-0.4, -0.2) is 17.8 Å². The van der Waals surface area contributed by atoms with Gasteiger partial charge in [0.05, 0.1) is 11.0 Å². The first-order valence-corrected chi connectivity index (χ1v) is 8.48. The number of hydrogen-bond acceptors (Lipinski definition) is 3. The van der Waals surface area contributed by atoms with Crippen molar-refractivity contribution in [2.45, 2.75) is 41.5 Å². The van der Waals surface area contributed by atoms with Crippen LogP contribution >= 0.6 is 0 Å². The lowest BCUT2D eigenvalue weighted by atomic mass is 9.98. The van der Waals surface area contributed by atoms with E-state index < -0.39 is 0 Å². The van der Waals surface area contributed by atoms with Crippen molar-refractivity contribution in [3.63, 3.8) is 0 Å². The van der Waals surface area contributed by atoms with Gasteiger partial charge in [0, 0.05) is 11.9 Å². The van der Waals surface area contributed by atoms with E-state index in [1.165, 1.54) is 0 Å². The van der Waals surface area contributed by atoms with Gasteiger partial charge in [0.25, 0.3) is 0 Å². The van der Waals surface area contributed by atoms with E-state index in [0.29, 0.717) is 5.46 Å². The first kappa shape index (κ1) is 21.6. The van der Waals surface area contributed by atoms with Crippen molar-refractivity contribution >= 4 is 30.2 Å². The Bertz CT molecular complexity index is 688. The van der Waals surface area contributed by atoms with E-state index in [9.17, 15) is 0 Å². The third kappa shape index (κ3) is 7.27. The molecule has 0 aliphatic rings. The number of fused-ring (bicyclic) bond motifs is 1. The molecule has 2 aromatic heterocycles. The molecule has 1 N–H and O–H groups in total. The van der Waals surface area contributed by atoms with Gasteiger partial charge in [-0.1, -0.05) is 51.4 Å². The number of nitrogens with zero attached hydrogens (tertiary/aromatic N) is 2. The maximum Gasteiger partial charge on any atom is 0.131 e. The second kappa shape index (κ2) is 13.1. The molecule has 0 aliphatic carbocycles. The largest absolute Gasteiger partial charge is 0.340 e. The fourth-order valence-electron chi connectivity index (χ4n) is 1.76. The fraction of sp³-hybridized carbons (Fsp3) is 0.300. The van der Waals surface area contributed by atoms with Crippen LogP contribution in [0.1, 0.15) is 41.5 Å². The Morgan fingerprint density at radius 3 is 2.38 bits per heavy atom.